The van der Waals surface area contributed by atoms with Crippen LogP contribution in [0.5, 0.6) is 5.75 Å². The van der Waals surface area contributed by atoms with Gasteiger partial charge in [0.2, 0.25) is 5.91 Å². The van der Waals surface area contributed by atoms with Crippen LogP contribution in [0.1, 0.15) is 17.7 Å². The van der Waals surface area contributed by atoms with Gasteiger partial charge in [-0.25, -0.2) is 8.42 Å². The van der Waals surface area contributed by atoms with Gasteiger partial charge in [0, 0.05) is 37.4 Å². The van der Waals surface area contributed by atoms with Crippen molar-refractivity contribution in [3.63, 3.8) is 0 Å². The van der Waals surface area contributed by atoms with Crippen molar-refractivity contribution in [2.24, 2.45) is 0 Å². The number of sulfone groups is 1. The van der Waals surface area contributed by atoms with E-state index in [-0.39, 0.29) is 16.9 Å². The monoisotopic (exact) mass is 439 g/mol. The fourth-order valence-electron chi connectivity index (χ4n) is 3.68. The first-order chi connectivity index (χ1) is 14.8. The number of carbonyl (C=O) groups is 1. The molecule has 162 valence electrons. The molecule has 0 saturated carbocycles. The van der Waals surface area contributed by atoms with E-state index in [1.54, 1.807) is 28.9 Å². The molecule has 2 heterocycles. The number of hydrogen-bond donors (Lipinski definition) is 1. The summed E-state index contributed by atoms with van der Waals surface area (Å²) < 4.78 is 31.3. The molecule has 1 aliphatic heterocycles. The second-order valence-electron chi connectivity index (χ2n) is 7.81. The summed E-state index contributed by atoms with van der Waals surface area (Å²) in [5.41, 5.74) is 3.82. The van der Waals surface area contributed by atoms with Crippen molar-refractivity contribution in [1.82, 2.24) is 15.1 Å². The van der Waals surface area contributed by atoms with Crippen molar-refractivity contribution in [2.75, 3.05) is 12.8 Å². The average Bonchev–Trinajstić information content (AvgIpc) is 3.35. The minimum atomic E-state index is -3.24. The number of aromatic nitrogens is 2. The number of hydrogen-bond acceptors (Lipinski definition) is 5. The van der Waals surface area contributed by atoms with Gasteiger partial charge in [0.1, 0.15) is 11.9 Å². The van der Waals surface area contributed by atoms with Gasteiger partial charge in [-0.3, -0.25) is 9.48 Å². The third kappa shape index (κ3) is 4.96. The number of nitrogens with one attached hydrogen (secondary N) is 1. The Bertz CT molecular complexity index is 1200. The quantitative estimate of drug-likeness (QED) is 0.611. The van der Waals surface area contributed by atoms with Crippen LogP contribution in [-0.4, -0.2) is 43.0 Å². The highest BCUT2D eigenvalue weighted by Crippen LogP contribution is 2.38. The second-order valence-corrected chi connectivity index (χ2v) is 9.82. The molecule has 0 unspecified atom stereocenters. The van der Waals surface area contributed by atoms with Crippen LogP contribution in [0.4, 0.5) is 0 Å². The molecule has 0 aliphatic carbocycles. The highest BCUT2D eigenvalue weighted by atomic mass is 32.2. The highest BCUT2D eigenvalue weighted by Gasteiger charge is 2.26. The molecule has 4 rings (SSSR count). The van der Waals surface area contributed by atoms with E-state index < -0.39 is 9.84 Å². The minimum absolute atomic E-state index is 0.0377. The second kappa shape index (κ2) is 8.55. The van der Waals surface area contributed by atoms with Crippen LogP contribution in [0.25, 0.3) is 11.1 Å². The van der Waals surface area contributed by atoms with Crippen molar-refractivity contribution in [3.05, 3.63) is 66.0 Å². The van der Waals surface area contributed by atoms with Gasteiger partial charge in [-0.15, -0.1) is 0 Å². The number of aryl methyl sites for hydroxylation is 2. The van der Waals surface area contributed by atoms with Gasteiger partial charge in [0.25, 0.3) is 0 Å². The fourth-order valence-corrected chi connectivity index (χ4v) is 4.31. The number of benzene rings is 2. The lowest BCUT2D eigenvalue weighted by atomic mass is 10.0. The third-order valence-electron chi connectivity index (χ3n) is 5.29. The predicted molar refractivity (Wildman–Crippen MR) is 118 cm³/mol. The van der Waals surface area contributed by atoms with Gasteiger partial charge in [0.05, 0.1) is 17.1 Å². The summed E-state index contributed by atoms with van der Waals surface area (Å²) in [6, 6.07) is 14.7. The van der Waals surface area contributed by atoms with Gasteiger partial charge >= 0.3 is 0 Å². The van der Waals surface area contributed by atoms with Gasteiger partial charge in [0.15, 0.2) is 9.84 Å². The molecule has 1 atom stereocenters. The topological polar surface area (TPSA) is 90.3 Å². The van der Waals surface area contributed by atoms with Crippen molar-refractivity contribution in [2.45, 2.75) is 37.3 Å². The molecule has 31 heavy (non-hydrogen) atoms. The Balaban J connectivity index is 1.37. The Morgan fingerprint density at radius 2 is 1.97 bits per heavy atom. The molecular weight excluding hydrogens is 414 g/mol. The number of ether oxygens (including phenoxy) is 1. The number of carbonyl (C=O) groups excluding carboxylic acids is 1. The SMILES string of the molecule is Cc1ccn(CCC(=O)NC[C@H]2Cc3cccc(-c4ccc(S(C)(=O)=O)cc4)c3O2)n1. The van der Waals surface area contributed by atoms with E-state index in [4.69, 9.17) is 4.74 Å². The van der Waals surface area contributed by atoms with E-state index >= 15 is 0 Å². The number of fused-ring (bicyclic) bond motifs is 1. The summed E-state index contributed by atoms with van der Waals surface area (Å²) >= 11 is 0. The molecule has 1 N–H and O–H groups in total. The lowest BCUT2D eigenvalue weighted by molar-refractivity contribution is -0.121. The Morgan fingerprint density at radius 1 is 1.19 bits per heavy atom. The van der Waals surface area contributed by atoms with Crippen LogP contribution in [0.3, 0.4) is 0 Å². The van der Waals surface area contributed by atoms with Crippen molar-refractivity contribution >= 4 is 15.7 Å². The van der Waals surface area contributed by atoms with Crippen LogP contribution < -0.4 is 10.1 Å². The van der Waals surface area contributed by atoms with Gasteiger partial charge in [-0.05, 0) is 36.2 Å². The molecule has 7 nitrogen and oxygen atoms in total. The number of para-hydroxylation sites is 1. The molecule has 1 aromatic heterocycles. The summed E-state index contributed by atoms with van der Waals surface area (Å²) in [6.45, 7) is 2.89. The number of nitrogens with zero attached hydrogens (tertiary/aromatic N) is 2. The molecular formula is C23H25N3O4S. The smallest absolute Gasteiger partial charge is 0.221 e. The zero-order valence-corrected chi connectivity index (χ0v) is 18.4. The van der Waals surface area contributed by atoms with E-state index in [0.717, 1.165) is 28.1 Å². The largest absolute Gasteiger partial charge is 0.487 e. The molecule has 0 saturated heterocycles. The highest BCUT2D eigenvalue weighted by molar-refractivity contribution is 7.90. The summed E-state index contributed by atoms with van der Waals surface area (Å²) in [5, 5.41) is 7.23. The molecule has 0 spiro atoms. The maximum atomic E-state index is 12.2. The molecule has 2 aromatic carbocycles. The maximum Gasteiger partial charge on any atom is 0.221 e. The van der Waals surface area contributed by atoms with Gasteiger partial charge in [-0.1, -0.05) is 30.3 Å². The van der Waals surface area contributed by atoms with Gasteiger partial charge in [-0.2, -0.15) is 5.10 Å². The summed E-state index contributed by atoms with van der Waals surface area (Å²) in [7, 11) is -3.24. The average molecular weight is 440 g/mol. The normalized spacial score (nSPS) is 15.4. The fraction of sp³-hybridized carbons (Fsp3) is 0.304. The number of rotatable bonds is 7. The summed E-state index contributed by atoms with van der Waals surface area (Å²) in [6.07, 6.45) is 3.99. The van der Waals surface area contributed by atoms with Crippen molar-refractivity contribution in [3.8, 4) is 16.9 Å². The lowest BCUT2D eigenvalue weighted by Gasteiger charge is -2.14. The Morgan fingerprint density at radius 3 is 2.65 bits per heavy atom. The first-order valence-corrected chi connectivity index (χ1v) is 12.0. The Hall–Kier alpha value is -3.13. The van der Waals surface area contributed by atoms with Crippen LogP contribution in [0, 0.1) is 6.92 Å². The first-order valence-electron chi connectivity index (χ1n) is 10.2. The molecule has 8 heteroatoms. The molecule has 1 amide bonds. The van der Waals surface area contributed by atoms with Gasteiger partial charge < -0.3 is 10.1 Å². The number of amides is 1. The standard InChI is InChI=1S/C23H25N3O4S/c1-16-10-12-26(25-16)13-11-22(27)24-15-19-14-18-4-3-5-21(23(18)30-19)17-6-8-20(9-7-17)31(2,28)29/h3-10,12,19H,11,13-15H2,1-2H3,(H,24,27)/t19-/m1/s1. The summed E-state index contributed by atoms with van der Waals surface area (Å²) in [4.78, 5) is 12.5. The van der Waals surface area contributed by atoms with E-state index in [1.165, 1.54) is 6.26 Å². The third-order valence-corrected chi connectivity index (χ3v) is 6.42. The van der Waals surface area contributed by atoms with Crippen molar-refractivity contribution < 1.29 is 17.9 Å². The maximum absolute atomic E-state index is 12.2. The Labute approximate surface area is 182 Å². The van der Waals surface area contributed by atoms with Crippen LogP contribution in [0.2, 0.25) is 0 Å². The van der Waals surface area contributed by atoms with Crippen LogP contribution >= 0.6 is 0 Å². The molecule has 1 aliphatic rings. The lowest BCUT2D eigenvalue weighted by Crippen LogP contribution is -2.34. The first kappa shape index (κ1) is 21.1. The molecule has 0 radical (unpaired) electrons. The van der Waals surface area contributed by atoms with Crippen molar-refractivity contribution in [1.29, 1.82) is 0 Å². The van der Waals surface area contributed by atoms with E-state index in [2.05, 4.69) is 10.4 Å². The predicted octanol–water partition coefficient (Wildman–Crippen LogP) is 2.77. The minimum Gasteiger partial charge on any atom is -0.487 e. The van der Waals surface area contributed by atoms with Crippen LogP contribution in [0.15, 0.2) is 59.6 Å². The molecule has 3 aromatic rings. The van der Waals surface area contributed by atoms with E-state index in [1.807, 2.05) is 37.4 Å². The van der Waals surface area contributed by atoms with E-state index in [9.17, 15) is 13.2 Å². The Kier molecular flexibility index (Phi) is 5.82. The zero-order valence-electron chi connectivity index (χ0n) is 17.5. The summed E-state index contributed by atoms with van der Waals surface area (Å²) in [5.74, 6) is 0.755. The molecule has 0 fully saturated rings. The zero-order chi connectivity index (χ0) is 22.0. The van der Waals surface area contributed by atoms with Crippen LogP contribution in [-0.2, 0) is 27.6 Å². The van der Waals surface area contributed by atoms with E-state index in [0.29, 0.717) is 25.9 Å². The molecule has 0 bridgehead atoms.